The highest BCUT2D eigenvalue weighted by Gasteiger charge is 2.36. The Bertz CT molecular complexity index is 281. The van der Waals surface area contributed by atoms with Crippen molar-refractivity contribution in [1.29, 1.82) is 0 Å². The van der Waals surface area contributed by atoms with Crippen molar-refractivity contribution in [3.63, 3.8) is 0 Å². The monoisotopic (exact) mass is 277 g/mol. The number of hydrogen-bond acceptors (Lipinski definition) is 1. The summed E-state index contributed by atoms with van der Waals surface area (Å²) in [5, 5.41) is 0. The summed E-state index contributed by atoms with van der Waals surface area (Å²) in [5.41, 5.74) is 0.696. The first kappa shape index (κ1) is 16.4. The molecule has 1 spiro atoms. The van der Waals surface area contributed by atoms with Crippen LogP contribution < -0.4 is 0 Å². The Morgan fingerprint density at radius 1 is 1.05 bits per heavy atom. The van der Waals surface area contributed by atoms with E-state index in [9.17, 15) is 0 Å². The van der Waals surface area contributed by atoms with Crippen molar-refractivity contribution in [3.05, 3.63) is 0 Å². The zero-order valence-electron chi connectivity index (χ0n) is 14.5. The predicted octanol–water partition coefficient (Wildman–Crippen LogP) is 4.28. The van der Waals surface area contributed by atoms with Crippen LogP contribution in [0.5, 0.6) is 0 Å². The van der Waals surface area contributed by atoms with Gasteiger partial charge in [-0.05, 0) is 57.5 Å². The standard InChI is InChI=1S/C18H36BN/c1-15(2)20-11-9-18(10-12-20)8-6-4-5-7-16(3)13-17(19)14-18/h15-17H,4-14,19H2,1-3H3. The van der Waals surface area contributed by atoms with Crippen LogP contribution in [0.4, 0.5) is 0 Å². The minimum Gasteiger partial charge on any atom is -0.301 e. The molecule has 0 bridgehead atoms. The van der Waals surface area contributed by atoms with Crippen LogP contribution in [0.1, 0.15) is 78.6 Å². The van der Waals surface area contributed by atoms with Crippen molar-refractivity contribution in [2.75, 3.05) is 13.1 Å². The van der Waals surface area contributed by atoms with E-state index >= 15 is 0 Å². The van der Waals surface area contributed by atoms with Crippen LogP contribution in [0.2, 0.25) is 5.82 Å². The fraction of sp³-hybridized carbons (Fsp3) is 1.00. The molecule has 2 fully saturated rings. The van der Waals surface area contributed by atoms with Gasteiger partial charge in [-0.2, -0.15) is 0 Å². The summed E-state index contributed by atoms with van der Waals surface area (Å²) in [4.78, 5) is 2.69. The highest BCUT2D eigenvalue weighted by atomic mass is 15.2. The molecule has 1 nitrogen and oxygen atoms in total. The van der Waals surface area contributed by atoms with Gasteiger partial charge in [-0.1, -0.05) is 51.3 Å². The smallest absolute Gasteiger partial charge is 0.105 e. The third-order valence-corrected chi connectivity index (χ3v) is 6.08. The largest absolute Gasteiger partial charge is 0.301 e. The molecule has 2 rings (SSSR count). The lowest BCUT2D eigenvalue weighted by Crippen LogP contribution is -2.43. The van der Waals surface area contributed by atoms with Crippen molar-refractivity contribution in [3.8, 4) is 0 Å². The van der Waals surface area contributed by atoms with Crippen LogP contribution >= 0.6 is 0 Å². The highest BCUT2D eigenvalue weighted by Crippen LogP contribution is 2.45. The second-order valence-electron chi connectivity index (χ2n) is 8.38. The molecule has 2 unspecified atom stereocenters. The first-order valence-corrected chi connectivity index (χ1v) is 9.25. The summed E-state index contributed by atoms with van der Waals surface area (Å²) in [7, 11) is 2.52. The molecule has 2 heteroatoms. The van der Waals surface area contributed by atoms with Gasteiger partial charge in [0.15, 0.2) is 0 Å². The van der Waals surface area contributed by atoms with Gasteiger partial charge in [0.1, 0.15) is 7.85 Å². The van der Waals surface area contributed by atoms with Crippen LogP contribution in [-0.4, -0.2) is 31.9 Å². The minimum absolute atomic E-state index is 0.696. The van der Waals surface area contributed by atoms with Gasteiger partial charge < -0.3 is 4.90 Å². The molecule has 1 aliphatic heterocycles. The van der Waals surface area contributed by atoms with E-state index in [2.05, 4.69) is 33.5 Å². The first-order chi connectivity index (χ1) is 9.51. The molecule has 116 valence electrons. The molecule has 1 aliphatic carbocycles. The lowest BCUT2D eigenvalue weighted by atomic mass is 9.62. The number of likely N-dealkylation sites (tertiary alicyclic amines) is 1. The Kier molecular flexibility index (Phi) is 6.02. The van der Waals surface area contributed by atoms with Gasteiger partial charge in [0.05, 0.1) is 0 Å². The SMILES string of the molecule is BC1CC(C)CCCCCC2(CCN(C(C)C)CC2)C1. The molecule has 0 aromatic rings. The molecular weight excluding hydrogens is 241 g/mol. The molecule has 2 atom stereocenters. The summed E-state index contributed by atoms with van der Waals surface area (Å²) in [6.45, 7) is 9.89. The molecule has 1 saturated carbocycles. The van der Waals surface area contributed by atoms with Crippen LogP contribution in [-0.2, 0) is 0 Å². The van der Waals surface area contributed by atoms with Gasteiger partial charge in [0.2, 0.25) is 0 Å². The second-order valence-corrected chi connectivity index (χ2v) is 8.38. The molecule has 20 heavy (non-hydrogen) atoms. The molecule has 0 N–H and O–H groups in total. The molecule has 0 aromatic heterocycles. The van der Waals surface area contributed by atoms with Gasteiger partial charge in [-0.15, -0.1) is 0 Å². The summed E-state index contributed by atoms with van der Waals surface area (Å²) in [6.07, 6.45) is 13.3. The van der Waals surface area contributed by atoms with Crippen molar-refractivity contribution >= 4 is 7.85 Å². The summed E-state index contributed by atoms with van der Waals surface area (Å²) in [5.74, 6) is 1.89. The molecule has 2 aliphatic rings. The zero-order valence-corrected chi connectivity index (χ0v) is 14.5. The predicted molar refractivity (Wildman–Crippen MR) is 92.2 cm³/mol. The fourth-order valence-electron chi connectivity index (χ4n) is 4.87. The van der Waals surface area contributed by atoms with E-state index < -0.39 is 0 Å². The van der Waals surface area contributed by atoms with E-state index in [1.54, 1.807) is 0 Å². The maximum atomic E-state index is 2.69. The quantitative estimate of drug-likeness (QED) is 0.647. The molecule has 1 saturated heterocycles. The van der Waals surface area contributed by atoms with E-state index in [0.29, 0.717) is 5.41 Å². The average molecular weight is 277 g/mol. The summed E-state index contributed by atoms with van der Waals surface area (Å²) in [6, 6.07) is 0.740. The van der Waals surface area contributed by atoms with E-state index in [1.807, 2.05) is 0 Å². The maximum absolute atomic E-state index is 2.69. The van der Waals surface area contributed by atoms with Crippen LogP contribution in [0.25, 0.3) is 0 Å². The van der Waals surface area contributed by atoms with E-state index in [1.165, 1.54) is 70.9 Å². The normalized spacial score (nSPS) is 33.4. The number of nitrogens with zero attached hydrogens (tertiary/aromatic N) is 1. The molecule has 0 amide bonds. The van der Waals surface area contributed by atoms with Gasteiger partial charge in [-0.25, -0.2) is 0 Å². The topological polar surface area (TPSA) is 3.24 Å². The Morgan fingerprint density at radius 2 is 1.75 bits per heavy atom. The lowest BCUT2D eigenvalue weighted by molar-refractivity contribution is 0.0625. The van der Waals surface area contributed by atoms with Gasteiger partial charge in [0.25, 0.3) is 0 Å². The summed E-state index contributed by atoms with van der Waals surface area (Å²) < 4.78 is 0. The van der Waals surface area contributed by atoms with E-state index in [-0.39, 0.29) is 0 Å². The Hall–Kier alpha value is 0.0249. The molecule has 1 heterocycles. The fourth-order valence-corrected chi connectivity index (χ4v) is 4.87. The Labute approximate surface area is 128 Å². The number of piperidine rings is 1. The van der Waals surface area contributed by atoms with Crippen molar-refractivity contribution < 1.29 is 0 Å². The molecular formula is C18H36BN. The van der Waals surface area contributed by atoms with Crippen LogP contribution in [0.15, 0.2) is 0 Å². The Balaban J connectivity index is 1.96. The minimum atomic E-state index is 0.696. The maximum Gasteiger partial charge on any atom is 0.105 e. The lowest BCUT2D eigenvalue weighted by Gasteiger charge is -2.45. The van der Waals surface area contributed by atoms with E-state index in [4.69, 9.17) is 0 Å². The van der Waals surface area contributed by atoms with Crippen molar-refractivity contribution in [2.45, 2.75) is 90.4 Å². The van der Waals surface area contributed by atoms with Gasteiger partial charge in [0, 0.05) is 6.04 Å². The van der Waals surface area contributed by atoms with Crippen molar-refractivity contribution in [2.24, 2.45) is 11.3 Å². The van der Waals surface area contributed by atoms with Gasteiger partial charge in [-0.3, -0.25) is 0 Å². The van der Waals surface area contributed by atoms with Crippen LogP contribution in [0.3, 0.4) is 0 Å². The van der Waals surface area contributed by atoms with E-state index in [0.717, 1.165) is 17.8 Å². The zero-order chi connectivity index (χ0) is 14.6. The number of rotatable bonds is 1. The average Bonchev–Trinajstić information content (AvgIpc) is 2.38. The molecule has 0 aromatic carbocycles. The third-order valence-electron chi connectivity index (χ3n) is 6.08. The third kappa shape index (κ3) is 4.51. The van der Waals surface area contributed by atoms with Crippen LogP contribution in [0, 0.1) is 11.3 Å². The highest BCUT2D eigenvalue weighted by molar-refractivity contribution is 6.11. The number of hydrogen-bond donors (Lipinski definition) is 0. The Morgan fingerprint density at radius 3 is 2.40 bits per heavy atom. The van der Waals surface area contributed by atoms with Gasteiger partial charge >= 0.3 is 0 Å². The van der Waals surface area contributed by atoms with Crippen molar-refractivity contribution in [1.82, 2.24) is 4.90 Å². The molecule has 0 radical (unpaired) electrons. The first-order valence-electron chi connectivity index (χ1n) is 9.25. The summed E-state index contributed by atoms with van der Waals surface area (Å²) >= 11 is 0. The second kappa shape index (κ2) is 7.34.